The van der Waals surface area contributed by atoms with Crippen molar-refractivity contribution < 1.29 is 4.74 Å². The van der Waals surface area contributed by atoms with E-state index in [4.69, 9.17) is 10.5 Å². The maximum Gasteiger partial charge on any atom is 0.0533 e. The van der Waals surface area contributed by atoms with E-state index in [0.717, 1.165) is 25.7 Å². The highest BCUT2D eigenvalue weighted by Crippen LogP contribution is 2.46. The molecule has 2 fully saturated rings. The summed E-state index contributed by atoms with van der Waals surface area (Å²) in [6.45, 7) is 2.81. The van der Waals surface area contributed by atoms with Gasteiger partial charge < -0.3 is 10.5 Å². The van der Waals surface area contributed by atoms with Gasteiger partial charge in [0, 0.05) is 17.8 Å². The Morgan fingerprint density at radius 1 is 1.54 bits per heavy atom. The van der Waals surface area contributed by atoms with Crippen molar-refractivity contribution in [2.45, 2.75) is 19.3 Å². The Bertz CT molecular complexity index is 166. The van der Waals surface area contributed by atoms with Crippen LogP contribution in [0, 0.1) is 11.3 Å². The van der Waals surface area contributed by atoms with Crippen LogP contribution in [0.3, 0.4) is 0 Å². The number of rotatable bonds is 2. The van der Waals surface area contributed by atoms with Crippen molar-refractivity contribution in [1.29, 1.82) is 0 Å². The molecule has 0 aromatic rings. The van der Waals surface area contributed by atoms with Crippen LogP contribution in [0.1, 0.15) is 19.3 Å². The lowest BCUT2D eigenvalue weighted by Gasteiger charge is -2.39. The molecule has 0 saturated carbocycles. The van der Waals surface area contributed by atoms with Gasteiger partial charge in [0.05, 0.1) is 6.61 Å². The molecule has 3 heteroatoms. The highest BCUT2D eigenvalue weighted by molar-refractivity contribution is 7.99. The van der Waals surface area contributed by atoms with Gasteiger partial charge in [0.1, 0.15) is 0 Å². The van der Waals surface area contributed by atoms with Gasteiger partial charge in [-0.1, -0.05) is 0 Å². The van der Waals surface area contributed by atoms with Gasteiger partial charge in [-0.2, -0.15) is 11.8 Å². The fraction of sp³-hybridized carbons (Fsp3) is 1.00. The summed E-state index contributed by atoms with van der Waals surface area (Å²) in [6, 6.07) is 0. The van der Waals surface area contributed by atoms with E-state index in [2.05, 4.69) is 11.8 Å². The summed E-state index contributed by atoms with van der Waals surface area (Å²) in [7, 11) is 0. The molecule has 2 nitrogen and oxygen atoms in total. The maximum atomic E-state index is 5.66. The van der Waals surface area contributed by atoms with Gasteiger partial charge in [0.25, 0.3) is 0 Å². The average molecular weight is 201 g/mol. The van der Waals surface area contributed by atoms with Crippen molar-refractivity contribution >= 4 is 11.8 Å². The van der Waals surface area contributed by atoms with Gasteiger partial charge >= 0.3 is 0 Å². The highest BCUT2D eigenvalue weighted by atomic mass is 32.2. The molecular formula is C10H19NOS. The lowest BCUT2D eigenvalue weighted by atomic mass is 9.73. The van der Waals surface area contributed by atoms with Crippen LogP contribution in [0.25, 0.3) is 0 Å². The fourth-order valence-electron chi connectivity index (χ4n) is 2.64. The SMILES string of the molecule is NCCC1CCSCC12CCOC2. The van der Waals surface area contributed by atoms with Gasteiger partial charge in [-0.25, -0.2) is 0 Å². The molecule has 13 heavy (non-hydrogen) atoms. The molecule has 2 N–H and O–H groups in total. The Balaban J connectivity index is 2.03. The van der Waals surface area contributed by atoms with Gasteiger partial charge in [0.2, 0.25) is 0 Å². The lowest BCUT2D eigenvalue weighted by molar-refractivity contribution is 0.115. The first-order chi connectivity index (χ1) is 6.37. The fourth-order valence-corrected chi connectivity index (χ4v) is 4.10. The third-order valence-electron chi connectivity index (χ3n) is 3.52. The van der Waals surface area contributed by atoms with Crippen LogP contribution < -0.4 is 5.73 Å². The number of ether oxygens (including phenoxy) is 1. The summed E-state index contributed by atoms with van der Waals surface area (Å²) in [5.74, 6) is 3.46. The minimum absolute atomic E-state index is 0.502. The van der Waals surface area contributed by atoms with Crippen molar-refractivity contribution in [1.82, 2.24) is 0 Å². The molecule has 2 heterocycles. The van der Waals surface area contributed by atoms with Gasteiger partial charge in [-0.3, -0.25) is 0 Å². The number of hydrogen-bond acceptors (Lipinski definition) is 3. The monoisotopic (exact) mass is 201 g/mol. The molecule has 2 saturated heterocycles. The predicted octanol–water partition coefficient (Wildman–Crippen LogP) is 1.50. The molecular weight excluding hydrogens is 182 g/mol. The van der Waals surface area contributed by atoms with E-state index in [9.17, 15) is 0 Å². The van der Waals surface area contributed by atoms with Crippen LogP contribution in [0.4, 0.5) is 0 Å². The van der Waals surface area contributed by atoms with E-state index >= 15 is 0 Å². The van der Waals surface area contributed by atoms with Crippen molar-refractivity contribution in [3.63, 3.8) is 0 Å². The number of hydrogen-bond donors (Lipinski definition) is 1. The molecule has 2 aliphatic rings. The third-order valence-corrected chi connectivity index (χ3v) is 4.82. The standard InChI is InChI=1S/C10H19NOS/c11-4-1-9-2-6-13-8-10(9)3-5-12-7-10/h9H,1-8,11H2. The van der Waals surface area contributed by atoms with Crippen molar-refractivity contribution in [3.05, 3.63) is 0 Å². The Hall–Kier alpha value is 0.270. The summed E-state index contributed by atoms with van der Waals surface area (Å²) in [5, 5.41) is 0. The van der Waals surface area contributed by atoms with E-state index in [1.807, 2.05) is 0 Å². The van der Waals surface area contributed by atoms with Gasteiger partial charge in [-0.05, 0) is 37.5 Å². The summed E-state index contributed by atoms with van der Waals surface area (Å²) >= 11 is 2.10. The number of thioether (sulfide) groups is 1. The molecule has 2 rings (SSSR count). The quantitative estimate of drug-likeness (QED) is 0.735. The van der Waals surface area contributed by atoms with E-state index in [1.54, 1.807) is 0 Å². The second kappa shape index (κ2) is 4.20. The zero-order valence-electron chi connectivity index (χ0n) is 8.13. The summed E-state index contributed by atoms with van der Waals surface area (Å²) < 4.78 is 5.56. The average Bonchev–Trinajstić information content (AvgIpc) is 2.59. The Morgan fingerprint density at radius 2 is 2.46 bits per heavy atom. The van der Waals surface area contributed by atoms with Crippen molar-refractivity contribution in [3.8, 4) is 0 Å². The van der Waals surface area contributed by atoms with Crippen LogP contribution in [0.15, 0.2) is 0 Å². The second-order valence-electron chi connectivity index (χ2n) is 4.28. The van der Waals surface area contributed by atoms with E-state index in [1.165, 1.54) is 30.8 Å². The second-order valence-corrected chi connectivity index (χ2v) is 5.39. The molecule has 2 unspecified atom stereocenters. The lowest BCUT2D eigenvalue weighted by Crippen LogP contribution is -2.38. The molecule has 0 bridgehead atoms. The first kappa shape index (κ1) is 9.81. The normalized spacial score (nSPS) is 39.9. The minimum atomic E-state index is 0.502. The van der Waals surface area contributed by atoms with Gasteiger partial charge in [-0.15, -0.1) is 0 Å². The van der Waals surface area contributed by atoms with Crippen molar-refractivity contribution in [2.24, 2.45) is 17.1 Å². The zero-order chi connectivity index (χ0) is 9.15. The smallest absolute Gasteiger partial charge is 0.0533 e. The molecule has 0 aliphatic carbocycles. The third kappa shape index (κ3) is 1.88. The van der Waals surface area contributed by atoms with Crippen LogP contribution in [-0.2, 0) is 4.74 Å². The van der Waals surface area contributed by atoms with Crippen molar-refractivity contribution in [2.75, 3.05) is 31.3 Å². The highest BCUT2D eigenvalue weighted by Gasteiger charge is 2.43. The predicted molar refractivity (Wildman–Crippen MR) is 57.0 cm³/mol. The summed E-state index contributed by atoms with van der Waals surface area (Å²) in [6.07, 6.45) is 3.82. The zero-order valence-corrected chi connectivity index (χ0v) is 8.94. The number of nitrogens with two attached hydrogens (primary N) is 1. The summed E-state index contributed by atoms with van der Waals surface area (Å²) in [4.78, 5) is 0. The van der Waals surface area contributed by atoms with E-state index in [-0.39, 0.29) is 0 Å². The Morgan fingerprint density at radius 3 is 3.15 bits per heavy atom. The van der Waals surface area contributed by atoms with Crippen LogP contribution in [-0.4, -0.2) is 31.3 Å². The molecule has 76 valence electrons. The first-order valence-electron chi connectivity index (χ1n) is 5.23. The molecule has 0 radical (unpaired) electrons. The molecule has 0 amide bonds. The topological polar surface area (TPSA) is 35.2 Å². The largest absolute Gasteiger partial charge is 0.381 e. The van der Waals surface area contributed by atoms with E-state index < -0.39 is 0 Å². The van der Waals surface area contributed by atoms with Crippen LogP contribution in [0.2, 0.25) is 0 Å². The van der Waals surface area contributed by atoms with Crippen LogP contribution in [0.5, 0.6) is 0 Å². The van der Waals surface area contributed by atoms with Gasteiger partial charge in [0.15, 0.2) is 0 Å². The molecule has 0 aromatic carbocycles. The molecule has 1 spiro atoms. The van der Waals surface area contributed by atoms with Crippen LogP contribution >= 0.6 is 11.8 Å². The maximum absolute atomic E-state index is 5.66. The first-order valence-corrected chi connectivity index (χ1v) is 6.38. The molecule has 2 aliphatic heterocycles. The van der Waals surface area contributed by atoms with E-state index in [0.29, 0.717) is 5.41 Å². The molecule has 0 aromatic heterocycles. The minimum Gasteiger partial charge on any atom is -0.381 e. The Labute approximate surface area is 84.6 Å². The Kier molecular flexibility index (Phi) is 3.17. The molecule has 2 atom stereocenters. The summed E-state index contributed by atoms with van der Waals surface area (Å²) in [5.41, 5.74) is 6.16.